The van der Waals surface area contributed by atoms with E-state index >= 15 is 0 Å². The molecule has 0 heterocycles. The molecule has 1 unspecified atom stereocenters. The summed E-state index contributed by atoms with van der Waals surface area (Å²) in [5, 5.41) is 2.98. The van der Waals surface area contributed by atoms with Crippen LogP contribution in [0.25, 0.3) is 0 Å². The van der Waals surface area contributed by atoms with E-state index in [1.54, 1.807) is 0 Å². The van der Waals surface area contributed by atoms with Gasteiger partial charge in [0.1, 0.15) is 0 Å². The maximum absolute atomic E-state index is 11.6. The zero-order valence-electron chi connectivity index (χ0n) is 8.76. The van der Waals surface area contributed by atoms with Crippen molar-refractivity contribution in [1.82, 2.24) is 5.32 Å². The molecule has 1 aliphatic carbocycles. The molecular weight excluding hydrogens is 164 g/mol. The van der Waals surface area contributed by atoms with E-state index in [-0.39, 0.29) is 23.4 Å². The van der Waals surface area contributed by atoms with Crippen molar-refractivity contribution in [3.05, 3.63) is 0 Å². The predicted molar refractivity (Wildman–Crippen MR) is 53.2 cm³/mol. The summed E-state index contributed by atoms with van der Waals surface area (Å²) in [5.41, 5.74) is 5.85. The van der Waals surface area contributed by atoms with Gasteiger partial charge in [-0.2, -0.15) is 0 Å². The fraction of sp³-hybridized carbons (Fsp3) is 0.900. The van der Waals surface area contributed by atoms with Crippen LogP contribution in [-0.2, 0) is 4.79 Å². The molecule has 0 aromatic rings. The van der Waals surface area contributed by atoms with Crippen molar-refractivity contribution in [2.24, 2.45) is 11.7 Å². The number of hydrogen-bond acceptors (Lipinski definition) is 2. The van der Waals surface area contributed by atoms with Gasteiger partial charge in [0.25, 0.3) is 0 Å². The fourth-order valence-corrected chi connectivity index (χ4v) is 1.21. The SMILES string of the molecule is CCC(C)[C@H](N)C(=O)NC1(C)CC1. The Hall–Kier alpha value is -0.570. The Labute approximate surface area is 80.1 Å². The van der Waals surface area contributed by atoms with Gasteiger partial charge in [0.2, 0.25) is 5.91 Å². The second-order valence-electron chi connectivity index (χ2n) is 4.46. The highest BCUT2D eigenvalue weighted by Crippen LogP contribution is 2.34. The first-order valence-corrected chi connectivity index (χ1v) is 5.06. The number of nitrogens with two attached hydrogens (primary N) is 1. The smallest absolute Gasteiger partial charge is 0.237 e. The molecular formula is C10H20N2O. The molecule has 1 rings (SSSR count). The summed E-state index contributed by atoms with van der Waals surface area (Å²) in [6.07, 6.45) is 3.13. The molecule has 3 N–H and O–H groups in total. The van der Waals surface area contributed by atoms with E-state index in [1.807, 2.05) is 6.92 Å². The highest BCUT2D eigenvalue weighted by atomic mass is 16.2. The van der Waals surface area contributed by atoms with Crippen molar-refractivity contribution in [2.75, 3.05) is 0 Å². The number of hydrogen-bond donors (Lipinski definition) is 2. The monoisotopic (exact) mass is 184 g/mol. The van der Waals surface area contributed by atoms with Gasteiger partial charge >= 0.3 is 0 Å². The van der Waals surface area contributed by atoms with Crippen LogP contribution in [0.4, 0.5) is 0 Å². The van der Waals surface area contributed by atoms with Crippen molar-refractivity contribution < 1.29 is 4.79 Å². The number of amides is 1. The largest absolute Gasteiger partial charge is 0.350 e. The zero-order chi connectivity index (χ0) is 10.1. The van der Waals surface area contributed by atoms with E-state index in [2.05, 4.69) is 19.2 Å². The number of carbonyl (C=O) groups is 1. The topological polar surface area (TPSA) is 55.1 Å². The van der Waals surface area contributed by atoms with Crippen molar-refractivity contribution in [3.8, 4) is 0 Å². The van der Waals surface area contributed by atoms with Crippen molar-refractivity contribution in [1.29, 1.82) is 0 Å². The highest BCUT2D eigenvalue weighted by molar-refractivity contribution is 5.82. The third-order valence-electron chi connectivity index (χ3n) is 2.98. The number of nitrogens with one attached hydrogen (secondary N) is 1. The van der Waals surface area contributed by atoms with E-state index in [1.165, 1.54) is 0 Å². The average molecular weight is 184 g/mol. The minimum absolute atomic E-state index is 0.00866. The zero-order valence-corrected chi connectivity index (χ0v) is 8.76. The van der Waals surface area contributed by atoms with Crippen LogP contribution in [0.3, 0.4) is 0 Å². The normalized spacial score (nSPS) is 23.4. The molecule has 3 nitrogen and oxygen atoms in total. The van der Waals surface area contributed by atoms with Crippen LogP contribution in [0, 0.1) is 5.92 Å². The molecule has 13 heavy (non-hydrogen) atoms. The summed E-state index contributed by atoms with van der Waals surface area (Å²) in [4.78, 5) is 11.6. The third-order valence-corrected chi connectivity index (χ3v) is 2.98. The van der Waals surface area contributed by atoms with E-state index in [4.69, 9.17) is 5.73 Å². The molecule has 0 aromatic carbocycles. The summed E-state index contributed by atoms with van der Waals surface area (Å²) >= 11 is 0. The first-order chi connectivity index (χ1) is 5.98. The van der Waals surface area contributed by atoms with Crippen molar-refractivity contribution >= 4 is 5.91 Å². The summed E-state index contributed by atoms with van der Waals surface area (Å²) in [5.74, 6) is 0.275. The molecule has 3 heteroatoms. The second kappa shape index (κ2) is 3.66. The van der Waals surface area contributed by atoms with Gasteiger partial charge in [-0.3, -0.25) is 4.79 Å². The minimum Gasteiger partial charge on any atom is -0.350 e. The lowest BCUT2D eigenvalue weighted by atomic mass is 9.99. The fourth-order valence-electron chi connectivity index (χ4n) is 1.21. The first kappa shape index (κ1) is 10.5. The van der Waals surface area contributed by atoms with E-state index < -0.39 is 0 Å². The molecule has 0 bridgehead atoms. The van der Waals surface area contributed by atoms with Gasteiger partial charge in [0.15, 0.2) is 0 Å². The molecule has 0 saturated heterocycles. The predicted octanol–water partition coefficient (Wildman–Crippen LogP) is 1.03. The maximum Gasteiger partial charge on any atom is 0.237 e. The summed E-state index contributed by atoms with van der Waals surface area (Å²) in [7, 11) is 0. The van der Waals surface area contributed by atoms with Crippen LogP contribution in [0.15, 0.2) is 0 Å². The molecule has 0 aliphatic heterocycles. The van der Waals surface area contributed by atoms with Gasteiger partial charge in [-0.25, -0.2) is 0 Å². The lowest BCUT2D eigenvalue weighted by Crippen LogP contribution is -2.48. The van der Waals surface area contributed by atoms with Crippen LogP contribution in [0.2, 0.25) is 0 Å². The van der Waals surface area contributed by atoms with E-state index in [0.717, 1.165) is 19.3 Å². The molecule has 1 saturated carbocycles. The summed E-state index contributed by atoms with van der Waals surface area (Å²) < 4.78 is 0. The van der Waals surface area contributed by atoms with Gasteiger partial charge < -0.3 is 11.1 Å². The van der Waals surface area contributed by atoms with Crippen molar-refractivity contribution in [2.45, 2.75) is 51.6 Å². The molecule has 0 spiro atoms. The van der Waals surface area contributed by atoms with Crippen LogP contribution >= 0.6 is 0 Å². The van der Waals surface area contributed by atoms with Gasteiger partial charge in [-0.1, -0.05) is 20.3 Å². The van der Waals surface area contributed by atoms with Gasteiger partial charge in [-0.05, 0) is 25.7 Å². The Balaban J connectivity index is 2.38. The van der Waals surface area contributed by atoms with Crippen molar-refractivity contribution in [3.63, 3.8) is 0 Å². The Morgan fingerprint density at radius 1 is 1.62 bits per heavy atom. The Morgan fingerprint density at radius 3 is 2.54 bits per heavy atom. The summed E-state index contributed by atoms with van der Waals surface area (Å²) in [6.45, 7) is 6.13. The second-order valence-corrected chi connectivity index (χ2v) is 4.46. The molecule has 0 radical (unpaired) electrons. The van der Waals surface area contributed by atoms with Crippen LogP contribution in [-0.4, -0.2) is 17.5 Å². The number of carbonyl (C=O) groups excluding carboxylic acids is 1. The van der Waals surface area contributed by atoms with Gasteiger partial charge in [-0.15, -0.1) is 0 Å². The average Bonchev–Trinajstić information content (AvgIpc) is 2.80. The van der Waals surface area contributed by atoms with E-state index in [9.17, 15) is 4.79 Å². The third kappa shape index (κ3) is 2.69. The van der Waals surface area contributed by atoms with Gasteiger partial charge in [0.05, 0.1) is 6.04 Å². The Morgan fingerprint density at radius 2 is 2.15 bits per heavy atom. The quantitative estimate of drug-likeness (QED) is 0.685. The van der Waals surface area contributed by atoms with Crippen LogP contribution in [0.1, 0.15) is 40.0 Å². The van der Waals surface area contributed by atoms with Crippen LogP contribution < -0.4 is 11.1 Å². The maximum atomic E-state index is 11.6. The Kier molecular flexibility index (Phi) is 2.96. The molecule has 1 fully saturated rings. The first-order valence-electron chi connectivity index (χ1n) is 5.06. The Bertz CT molecular complexity index is 199. The minimum atomic E-state index is -0.345. The summed E-state index contributed by atoms with van der Waals surface area (Å²) in [6, 6.07) is -0.345. The standard InChI is InChI=1S/C10H20N2O/c1-4-7(2)8(11)9(13)12-10(3)5-6-10/h7-8H,4-6,11H2,1-3H3,(H,12,13)/t7?,8-/m0/s1. The molecule has 76 valence electrons. The number of rotatable bonds is 4. The van der Waals surface area contributed by atoms with Gasteiger partial charge in [0, 0.05) is 5.54 Å². The van der Waals surface area contributed by atoms with Crippen LogP contribution in [0.5, 0.6) is 0 Å². The lowest BCUT2D eigenvalue weighted by Gasteiger charge is -2.20. The highest BCUT2D eigenvalue weighted by Gasteiger charge is 2.39. The molecule has 2 atom stereocenters. The molecule has 0 aromatic heterocycles. The lowest BCUT2D eigenvalue weighted by molar-refractivity contribution is -0.124. The molecule has 1 amide bonds. The van der Waals surface area contributed by atoms with E-state index in [0.29, 0.717) is 0 Å². The molecule has 1 aliphatic rings.